The van der Waals surface area contributed by atoms with E-state index in [0.29, 0.717) is 6.04 Å². The molecule has 0 radical (unpaired) electrons. The van der Waals surface area contributed by atoms with Crippen LogP contribution in [0.5, 0.6) is 0 Å². The van der Waals surface area contributed by atoms with Crippen LogP contribution in [0.15, 0.2) is 24.3 Å². The number of rotatable bonds is 7. The predicted octanol–water partition coefficient (Wildman–Crippen LogP) is 3.42. The average Bonchev–Trinajstić information content (AvgIpc) is 2.36. The molecule has 0 aromatic heterocycles. The lowest BCUT2D eigenvalue weighted by atomic mass is 10.0. The van der Waals surface area contributed by atoms with Crippen LogP contribution < -0.4 is 5.32 Å². The first-order valence-corrected chi connectivity index (χ1v) is 6.74. The molecular formula is C15H24FNO. The van der Waals surface area contributed by atoms with E-state index in [9.17, 15) is 9.50 Å². The minimum absolute atomic E-state index is 0.0395. The highest BCUT2D eigenvalue weighted by Crippen LogP contribution is 2.18. The Balaban J connectivity index is 2.50. The van der Waals surface area contributed by atoms with Crippen LogP contribution in [-0.2, 0) is 0 Å². The first-order valence-electron chi connectivity index (χ1n) is 6.74. The lowest BCUT2D eigenvalue weighted by Gasteiger charge is -2.24. The van der Waals surface area contributed by atoms with Crippen molar-refractivity contribution >= 4 is 0 Å². The van der Waals surface area contributed by atoms with Crippen LogP contribution in [0.2, 0.25) is 0 Å². The van der Waals surface area contributed by atoms with Crippen molar-refractivity contribution in [2.75, 3.05) is 0 Å². The molecule has 0 bridgehead atoms. The van der Waals surface area contributed by atoms with Gasteiger partial charge in [-0.3, -0.25) is 0 Å². The Morgan fingerprint density at radius 1 is 1.22 bits per heavy atom. The van der Waals surface area contributed by atoms with Gasteiger partial charge in [-0.1, -0.05) is 31.9 Å². The topological polar surface area (TPSA) is 32.3 Å². The van der Waals surface area contributed by atoms with Gasteiger partial charge in [0.05, 0.1) is 6.10 Å². The summed E-state index contributed by atoms with van der Waals surface area (Å²) in [6, 6.07) is 6.37. The van der Waals surface area contributed by atoms with E-state index in [2.05, 4.69) is 19.2 Å². The van der Waals surface area contributed by atoms with E-state index in [4.69, 9.17) is 0 Å². The van der Waals surface area contributed by atoms with Crippen molar-refractivity contribution in [2.45, 2.75) is 58.2 Å². The molecule has 0 spiro atoms. The lowest BCUT2D eigenvalue weighted by Crippen LogP contribution is -2.38. The van der Waals surface area contributed by atoms with E-state index in [1.807, 2.05) is 6.92 Å². The van der Waals surface area contributed by atoms with Gasteiger partial charge in [-0.15, -0.1) is 0 Å². The summed E-state index contributed by atoms with van der Waals surface area (Å²) in [5, 5.41) is 13.6. The monoisotopic (exact) mass is 253 g/mol. The van der Waals surface area contributed by atoms with Gasteiger partial charge in [0.25, 0.3) is 0 Å². The van der Waals surface area contributed by atoms with Crippen molar-refractivity contribution in [3.63, 3.8) is 0 Å². The fourth-order valence-corrected chi connectivity index (χ4v) is 2.08. The highest BCUT2D eigenvalue weighted by atomic mass is 19.1. The second-order valence-corrected chi connectivity index (χ2v) is 5.00. The average molecular weight is 253 g/mol. The van der Waals surface area contributed by atoms with Gasteiger partial charge in [0.2, 0.25) is 0 Å². The highest BCUT2D eigenvalue weighted by molar-refractivity contribution is 5.19. The smallest absolute Gasteiger partial charge is 0.123 e. The van der Waals surface area contributed by atoms with E-state index in [-0.39, 0.29) is 11.9 Å². The number of aliphatic hydroxyl groups excluding tert-OH is 1. The molecule has 0 aliphatic carbocycles. The number of hydrogen-bond acceptors (Lipinski definition) is 2. The van der Waals surface area contributed by atoms with Crippen LogP contribution in [-0.4, -0.2) is 17.2 Å². The van der Waals surface area contributed by atoms with Crippen LogP contribution in [0.4, 0.5) is 4.39 Å². The molecule has 0 fully saturated rings. The van der Waals surface area contributed by atoms with Crippen molar-refractivity contribution in [1.82, 2.24) is 5.32 Å². The van der Waals surface area contributed by atoms with Crippen molar-refractivity contribution in [1.29, 1.82) is 0 Å². The van der Waals surface area contributed by atoms with E-state index >= 15 is 0 Å². The zero-order valence-electron chi connectivity index (χ0n) is 11.5. The first-order chi connectivity index (χ1) is 8.54. The first kappa shape index (κ1) is 15.1. The Morgan fingerprint density at radius 2 is 1.83 bits per heavy atom. The summed E-state index contributed by atoms with van der Waals surface area (Å²) < 4.78 is 12.8. The minimum Gasteiger partial charge on any atom is -0.387 e. The van der Waals surface area contributed by atoms with Crippen LogP contribution in [0, 0.1) is 5.82 Å². The fraction of sp³-hybridized carbons (Fsp3) is 0.600. The van der Waals surface area contributed by atoms with E-state index < -0.39 is 6.10 Å². The van der Waals surface area contributed by atoms with Crippen molar-refractivity contribution in [3.8, 4) is 0 Å². The van der Waals surface area contributed by atoms with Crippen LogP contribution in [0.1, 0.15) is 51.7 Å². The number of aliphatic hydroxyl groups is 1. The normalized spacial score (nSPS) is 16.3. The van der Waals surface area contributed by atoms with Gasteiger partial charge in [0.15, 0.2) is 0 Å². The zero-order valence-corrected chi connectivity index (χ0v) is 11.5. The molecule has 2 N–H and O–H groups in total. The third kappa shape index (κ3) is 4.75. The van der Waals surface area contributed by atoms with Gasteiger partial charge in [0, 0.05) is 12.1 Å². The summed E-state index contributed by atoms with van der Waals surface area (Å²) in [7, 11) is 0. The van der Waals surface area contributed by atoms with Crippen molar-refractivity contribution in [2.24, 2.45) is 0 Å². The third-order valence-electron chi connectivity index (χ3n) is 3.22. The van der Waals surface area contributed by atoms with Gasteiger partial charge >= 0.3 is 0 Å². The maximum atomic E-state index is 12.8. The molecule has 18 heavy (non-hydrogen) atoms. The minimum atomic E-state index is -0.602. The second-order valence-electron chi connectivity index (χ2n) is 5.00. The lowest BCUT2D eigenvalue weighted by molar-refractivity contribution is 0.129. The quantitative estimate of drug-likeness (QED) is 0.780. The van der Waals surface area contributed by atoms with Crippen LogP contribution in [0.25, 0.3) is 0 Å². The summed E-state index contributed by atoms with van der Waals surface area (Å²) in [5.41, 5.74) is 0.749. The molecule has 1 rings (SSSR count). The molecule has 0 aliphatic heterocycles. The van der Waals surface area contributed by atoms with E-state index in [0.717, 1.165) is 12.0 Å². The summed E-state index contributed by atoms with van der Waals surface area (Å²) >= 11 is 0. The highest BCUT2D eigenvalue weighted by Gasteiger charge is 2.17. The summed E-state index contributed by atoms with van der Waals surface area (Å²) in [6.45, 7) is 6.25. The second kappa shape index (κ2) is 7.49. The zero-order chi connectivity index (χ0) is 13.5. The molecular weight excluding hydrogens is 229 g/mol. The summed E-state index contributed by atoms with van der Waals surface area (Å²) in [6.07, 6.45) is 2.88. The molecule has 3 unspecified atom stereocenters. The molecule has 3 heteroatoms. The van der Waals surface area contributed by atoms with Gasteiger partial charge in [-0.05, 0) is 38.0 Å². The molecule has 0 amide bonds. The number of unbranched alkanes of at least 4 members (excludes halogenated alkanes) is 1. The molecule has 0 aliphatic rings. The van der Waals surface area contributed by atoms with Crippen molar-refractivity contribution in [3.05, 3.63) is 35.6 Å². The molecule has 3 atom stereocenters. The van der Waals surface area contributed by atoms with E-state index in [1.54, 1.807) is 12.1 Å². The molecule has 2 nitrogen and oxygen atoms in total. The van der Waals surface area contributed by atoms with Crippen LogP contribution >= 0.6 is 0 Å². The summed E-state index contributed by atoms with van der Waals surface area (Å²) in [4.78, 5) is 0. The maximum Gasteiger partial charge on any atom is 0.123 e. The van der Waals surface area contributed by atoms with Gasteiger partial charge < -0.3 is 10.4 Å². The Kier molecular flexibility index (Phi) is 6.30. The molecule has 0 saturated carbocycles. The molecule has 102 valence electrons. The molecule has 0 heterocycles. The SMILES string of the molecule is CCCCC(C)NC(C)C(O)c1ccc(F)cc1. The molecule has 0 saturated heterocycles. The number of halogens is 1. The Bertz CT molecular complexity index is 339. The number of hydrogen-bond donors (Lipinski definition) is 2. The Labute approximate surface area is 109 Å². The van der Waals surface area contributed by atoms with Gasteiger partial charge in [-0.2, -0.15) is 0 Å². The van der Waals surface area contributed by atoms with Gasteiger partial charge in [-0.25, -0.2) is 4.39 Å². The summed E-state index contributed by atoms with van der Waals surface area (Å²) in [5.74, 6) is -0.275. The Hall–Kier alpha value is -0.930. The largest absolute Gasteiger partial charge is 0.387 e. The third-order valence-corrected chi connectivity index (χ3v) is 3.22. The Morgan fingerprint density at radius 3 is 2.39 bits per heavy atom. The van der Waals surface area contributed by atoms with Crippen LogP contribution in [0.3, 0.4) is 0 Å². The molecule has 1 aromatic rings. The standard InChI is InChI=1S/C15H24FNO/c1-4-5-6-11(2)17-12(3)15(18)13-7-9-14(16)10-8-13/h7-12,15,17-18H,4-6H2,1-3H3. The molecule has 1 aromatic carbocycles. The predicted molar refractivity (Wildman–Crippen MR) is 72.9 cm³/mol. The number of benzene rings is 1. The van der Waals surface area contributed by atoms with E-state index in [1.165, 1.54) is 25.0 Å². The van der Waals surface area contributed by atoms with Gasteiger partial charge in [0.1, 0.15) is 5.82 Å². The fourth-order valence-electron chi connectivity index (χ4n) is 2.08. The maximum absolute atomic E-state index is 12.8. The van der Waals surface area contributed by atoms with Crippen molar-refractivity contribution < 1.29 is 9.50 Å². The number of nitrogens with one attached hydrogen (secondary N) is 1.